The van der Waals surface area contributed by atoms with Gasteiger partial charge in [-0.15, -0.1) is 24.0 Å². The van der Waals surface area contributed by atoms with Gasteiger partial charge in [0, 0.05) is 24.5 Å². The second-order valence-corrected chi connectivity index (χ2v) is 6.06. The van der Waals surface area contributed by atoms with Gasteiger partial charge in [0.05, 0.1) is 0 Å². The van der Waals surface area contributed by atoms with E-state index in [0.29, 0.717) is 12.1 Å². The third kappa shape index (κ3) is 4.33. The topological polar surface area (TPSA) is 36.4 Å². The molecule has 0 heterocycles. The van der Waals surface area contributed by atoms with Crippen LogP contribution in [0.4, 0.5) is 4.39 Å². The molecule has 1 aromatic rings. The lowest BCUT2D eigenvalue weighted by Gasteiger charge is -2.17. The van der Waals surface area contributed by atoms with E-state index in [0.717, 1.165) is 24.5 Å². The summed E-state index contributed by atoms with van der Waals surface area (Å²) < 4.78 is 13.8. The summed E-state index contributed by atoms with van der Waals surface area (Å²) in [7, 11) is 0. The van der Waals surface area contributed by atoms with E-state index in [1.54, 1.807) is 12.1 Å². The fourth-order valence-corrected chi connectivity index (χ4v) is 3.20. The van der Waals surface area contributed by atoms with E-state index in [-0.39, 0.29) is 35.7 Å². The number of nitrogens with zero attached hydrogens (tertiary/aromatic N) is 1. The predicted octanol–water partition coefficient (Wildman–Crippen LogP) is 3.80. The SMILES string of the molecule is CCN=C(NC1CCCC1)NC1CC1c1ccccc1F.I. The van der Waals surface area contributed by atoms with Crippen LogP contribution in [0.2, 0.25) is 0 Å². The molecule has 3 nitrogen and oxygen atoms in total. The fourth-order valence-electron chi connectivity index (χ4n) is 3.20. The Balaban J connectivity index is 0.00000176. The lowest BCUT2D eigenvalue weighted by atomic mass is 10.1. The van der Waals surface area contributed by atoms with Crippen molar-refractivity contribution < 1.29 is 4.39 Å². The molecular formula is C17H25FIN3. The van der Waals surface area contributed by atoms with Crippen LogP contribution in [0.25, 0.3) is 0 Å². The molecule has 0 aliphatic heterocycles. The van der Waals surface area contributed by atoms with Crippen molar-refractivity contribution >= 4 is 29.9 Å². The molecule has 3 rings (SSSR count). The Morgan fingerprint density at radius 3 is 2.64 bits per heavy atom. The van der Waals surface area contributed by atoms with Crippen molar-refractivity contribution in [3.05, 3.63) is 35.6 Å². The van der Waals surface area contributed by atoms with Crippen molar-refractivity contribution in [2.45, 2.75) is 57.0 Å². The minimum Gasteiger partial charge on any atom is -0.354 e. The summed E-state index contributed by atoms with van der Waals surface area (Å²) >= 11 is 0. The highest BCUT2D eigenvalue weighted by Crippen LogP contribution is 2.41. The molecule has 0 bridgehead atoms. The third-order valence-corrected chi connectivity index (χ3v) is 4.43. The predicted molar refractivity (Wildman–Crippen MR) is 99.5 cm³/mol. The Morgan fingerprint density at radius 1 is 1.23 bits per heavy atom. The summed E-state index contributed by atoms with van der Waals surface area (Å²) in [5, 5.41) is 6.99. The van der Waals surface area contributed by atoms with E-state index in [2.05, 4.69) is 15.6 Å². The van der Waals surface area contributed by atoms with Crippen LogP contribution in [-0.4, -0.2) is 24.6 Å². The van der Waals surface area contributed by atoms with Crippen LogP contribution < -0.4 is 10.6 Å². The standard InChI is InChI=1S/C17H24FN3.HI/c1-2-19-17(20-12-7-3-4-8-12)21-16-11-14(16)13-9-5-6-10-15(13)18;/h5-6,9-10,12,14,16H,2-4,7-8,11H2,1H3,(H2,19,20,21);1H. The molecule has 2 atom stereocenters. The third-order valence-electron chi connectivity index (χ3n) is 4.43. The maximum absolute atomic E-state index is 13.8. The molecule has 2 N–H and O–H groups in total. The smallest absolute Gasteiger partial charge is 0.191 e. The van der Waals surface area contributed by atoms with Crippen LogP contribution in [0.1, 0.15) is 50.5 Å². The number of nitrogens with one attached hydrogen (secondary N) is 2. The summed E-state index contributed by atoms with van der Waals surface area (Å²) in [6.45, 7) is 2.80. The summed E-state index contributed by atoms with van der Waals surface area (Å²) in [5.74, 6) is 1.08. The first-order chi connectivity index (χ1) is 10.3. The normalized spacial score (nSPS) is 24.7. The first-order valence-electron chi connectivity index (χ1n) is 8.10. The molecule has 5 heteroatoms. The van der Waals surface area contributed by atoms with E-state index in [4.69, 9.17) is 0 Å². The van der Waals surface area contributed by atoms with E-state index in [1.165, 1.54) is 25.7 Å². The van der Waals surface area contributed by atoms with Crippen molar-refractivity contribution in [2.24, 2.45) is 4.99 Å². The van der Waals surface area contributed by atoms with E-state index < -0.39 is 0 Å². The average molecular weight is 417 g/mol. The van der Waals surface area contributed by atoms with Gasteiger partial charge in [-0.1, -0.05) is 31.0 Å². The van der Waals surface area contributed by atoms with Gasteiger partial charge in [0.25, 0.3) is 0 Å². The molecular weight excluding hydrogens is 392 g/mol. The minimum atomic E-state index is -0.0930. The van der Waals surface area contributed by atoms with Gasteiger partial charge in [0.2, 0.25) is 0 Å². The van der Waals surface area contributed by atoms with Crippen LogP contribution in [-0.2, 0) is 0 Å². The van der Waals surface area contributed by atoms with Gasteiger partial charge in [-0.2, -0.15) is 0 Å². The van der Waals surface area contributed by atoms with Gasteiger partial charge >= 0.3 is 0 Å². The lowest BCUT2D eigenvalue weighted by molar-refractivity contribution is 0.601. The Labute approximate surface area is 149 Å². The number of benzene rings is 1. The second kappa shape index (κ2) is 8.13. The number of halogens is 2. The molecule has 0 spiro atoms. The van der Waals surface area contributed by atoms with Crippen LogP contribution in [0.3, 0.4) is 0 Å². The van der Waals surface area contributed by atoms with Crippen molar-refractivity contribution in [1.82, 2.24) is 10.6 Å². The Morgan fingerprint density at radius 2 is 1.95 bits per heavy atom. The van der Waals surface area contributed by atoms with Gasteiger partial charge < -0.3 is 10.6 Å². The van der Waals surface area contributed by atoms with Crippen LogP contribution in [0, 0.1) is 5.82 Å². The second-order valence-electron chi connectivity index (χ2n) is 6.06. The molecule has 1 aromatic carbocycles. The fraction of sp³-hybridized carbons (Fsp3) is 0.588. The zero-order valence-electron chi connectivity index (χ0n) is 13.0. The highest BCUT2D eigenvalue weighted by atomic mass is 127. The number of hydrogen-bond donors (Lipinski definition) is 2. The Kier molecular flexibility index (Phi) is 6.47. The number of hydrogen-bond acceptors (Lipinski definition) is 1. The molecule has 2 aliphatic carbocycles. The maximum Gasteiger partial charge on any atom is 0.191 e. The van der Waals surface area contributed by atoms with Gasteiger partial charge in [0.15, 0.2) is 5.96 Å². The van der Waals surface area contributed by atoms with Crippen molar-refractivity contribution in [2.75, 3.05) is 6.54 Å². The molecule has 22 heavy (non-hydrogen) atoms. The molecule has 0 aromatic heterocycles. The van der Waals surface area contributed by atoms with E-state index >= 15 is 0 Å². The van der Waals surface area contributed by atoms with E-state index in [9.17, 15) is 4.39 Å². The van der Waals surface area contributed by atoms with Crippen molar-refractivity contribution in [1.29, 1.82) is 0 Å². The molecule has 0 saturated heterocycles. The Hall–Kier alpha value is -0.850. The van der Waals surface area contributed by atoms with Gasteiger partial charge in [-0.05, 0) is 37.8 Å². The zero-order valence-corrected chi connectivity index (χ0v) is 15.3. The molecule has 2 fully saturated rings. The van der Waals surface area contributed by atoms with Crippen LogP contribution >= 0.6 is 24.0 Å². The maximum atomic E-state index is 13.8. The summed E-state index contributed by atoms with van der Waals surface area (Å²) in [4.78, 5) is 4.52. The first kappa shape index (κ1) is 17.5. The van der Waals surface area contributed by atoms with E-state index in [1.807, 2.05) is 19.1 Å². The number of guanidine groups is 1. The number of aliphatic imine (C=N–C) groups is 1. The van der Waals surface area contributed by atoms with Crippen LogP contribution in [0.15, 0.2) is 29.3 Å². The highest BCUT2D eigenvalue weighted by Gasteiger charge is 2.40. The van der Waals surface area contributed by atoms with Crippen molar-refractivity contribution in [3.63, 3.8) is 0 Å². The Bertz CT molecular complexity index is 514. The monoisotopic (exact) mass is 417 g/mol. The largest absolute Gasteiger partial charge is 0.354 e. The van der Waals surface area contributed by atoms with Gasteiger partial charge in [-0.25, -0.2) is 4.39 Å². The summed E-state index contributed by atoms with van der Waals surface area (Å²) in [5.41, 5.74) is 0.826. The first-order valence-corrected chi connectivity index (χ1v) is 8.10. The highest BCUT2D eigenvalue weighted by molar-refractivity contribution is 14.0. The quantitative estimate of drug-likeness (QED) is 0.444. The lowest BCUT2D eigenvalue weighted by Crippen LogP contribution is -2.43. The van der Waals surface area contributed by atoms with Gasteiger partial charge in [-0.3, -0.25) is 4.99 Å². The average Bonchev–Trinajstić information content (AvgIpc) is 3.03. The minimum absolute atomic E-state index is 0. The van der Waals surface area contributed by atoms with Crippen molar-refractivity contribution in [3.8, 4) is 0 Å². The molecule has 2 unspecified atom stereocenters. The molecule has 0 amide bonds. The molecule has 0 radical (unpaired) electrons. The summed E-state index contributed by atoms with van der Waals surface area (Å²) in [6.07, 6.45) is 6.05. The molecule has 2 aliphatic rings. The molecule has 122 valence electrons. The molecule has 2 saturated carbocycles. The van der Waals surface area contributed by atoms with Crippen LogP contribution in [0.5, 0.6) is 0 Å². The van der Waals surface area contributed by atoms with Gasteiger partial charge in [0.1, 0.15) is 5.82 Å². The summed E-state index contributed by atoms with van der Waals surface area (Å²) in [6, 6.07) is 7.95. The zero-order chi connectivity index (χ0) is 14.7. The number of rotatable bonds is 4.